The Balaban J connectivity index is 4.49. The number of hydrogen-bond donors (Lipinski definition) is 0. The summed E-state index contributed by atoms with van der Waals surface area (Å²) in [5, 5.41) is 8.23. The van der Waals surface area contributed by atoms with Gasteiger partial charge in [-0.1, -0.05) is 0 Å². The van der Waals surface area contributed by atoms with E-state index in [4.69, 9.17) is 11.8 Å². The maximum absolute atomic E-state index is 8.23. The lowest BCUT2D eigenvalue weighted by Crippen LogP contribution is -1.82. The molecule has 0 saturated heterocycles. The molecule has 0 bridgehead atoms. The molecule has 0 aliphatic carbocycles. The number of nitrogens with zero attached hydrogens (tertiary/aromatic N) is 2. The average Bonchev–Trinajstić information content (AvgIpc) is 1.90. The van der Waals surface area contributed by atoms with Crippen molar-refractivity contribution in [2.45, 2.75) is 6.92 Å². The SMILES string of the molecule is [C-]#[N+]/C(C#N)=C(/C)OC. The second-order valence-electron chi connectivity index (χ2n) is 1.33. The van der Waals surface area contributed by atoms with Gasteiger partial charge in [0.25, 0.3) is 5.70 Å². The molecule has 0 N–H and O–H groups in total. The van der Waals surface area contributed by atoms with Gasteiger partial charge < -0.3 is 4.74 Å². The average molecular weight is 122 g/mol. The molecule has 0 aromatic carbocycles. The minimum atomic E-state index is 0.0116. The van der Waals surface area contributed by atoms with Crippen LogP contribution in [0.5, 0.6) is 0 Å². The van der Waals surface area contributed by atoms with Crippen LogP contribution < -0.4 is 0 Å². The molecule has 3 nitrogen and oxygen atoms in total. The molecule has 46 valence electrons. The molecule has 0 radical (unpaired) electrons. The summed E-state index contributed by atoms with van der Waals surface area (Å²) in [6.45, 7) is 8.04. The van der Waals surface area contributed by atoms with Crippen LogP contribution in [0.4, 0.5) is 0 Å². The van der Waals surface area contributed by atoms with Crippen molar-refractivity contribution < 1.29 is 4.74 Å². The molecule has 9 heavy (non-hydrogen) atoms. The highest BCUT2D eigenvalue weighted by Crippen LogP contribution is 2.03. The van der Waals surface area contributed by atoms with E-state index in [2.05, 4.69) is 9.58 Å². The van der Waals surface area contributed by atoms with E-state index in [9.17, 15) is 0 Å². The van der Waals surface area contributed by atoms with Crippen molar-refractivity contribution in [2.75, 3.05) is 7.11 Å². The molecule has 0 atom stereocenters. The number of rotatable bonds is 1. The van der Waals surface area contributed by atoms with E-state index < -0.39 is 0 Å². The molecular weight excluding hydrogens is 116 g/mol. The van der Waals surface area contributed by atoms with E-state index in [1.807, 2.05) is 0 Å². The molecule has 0 aliphatic rings. The fourth-order valence-electron chi connectivity index (χ4n) is 0.279. The third-order valence-corrected chi connectivity index (χ3v) is 0.857. The highest BCUT2D eigenvalue weighted by Gasteiger charge is 1.97. The lowest BCUT2D eigenvalue weighted by atomic mass is 10.4. The van der Waals surface area contributed by atoms with Gasteiger partial charge in [-0.2, -0.15) is 0 Å². The zero-order valence-electron chi connectivity index (χ0n) is 5.30. The van der Waals surface area contributed by atoms with Crippen LogP contribution in [0.25, 0.3) is 4.85 Å². The van der Waals surface area contributed by atoms with Crippen LogP contribution in [0.3, 0.4) is 0 Å². The van der Waals surface area contributed by atoms with E-state index in [-0.39, 0.29) is 5.70 Å². The van der Waals surface area contributed by atoms with Crippen LogP contribution in [-0.2, 0) is 4.74 Å². The quantitative estimate of drug-likeness (QED) is 0.298. The third-order valence-electron chi connectivity index (χ3n) is 0.857. The van der Waals surface area contributed by atoms with E-state index in [0.29, 0.717) is 5.76 Å². The summed E-state index contributed by atoms with van der Waals surface area (Å²) in [7, 11) is 1.43. The Bertz CT molecular complexity index is 188. The number of methoxy groups -OCH3 is 1. The summed E-state index contributed by atoms with van der Waals surface area (Å²) in [4.78, 5) is 2.92. The fourth-order valence-corrected chi connectivity index (χ4v) is 0.279. The lowest BCUT2D eigenvalue weighted by molar-refractivity contribution is 0.291. The molecular formula is C6H6N2O. The Morgan fingerprint density at radius 1 is 1.78 bits per heavy atom. The number of hydrogen-bond acceptors (Lipinski definition) is 2. The van der Waals surface area contributed by atoms with Crippen molar-refractivity contribution in [3.63, 3.8) is 0 Å². The Hall–Kier alpha value is -1.48. The number of nitriles is 1. The Labute approximate surface area is 54.0 Å². The smallest absolute Gasteiger partial charge is 0.298 e. The molecule has 0 spiro atoms. The maximum atomic E-state index is 8.23. The molecule has 0 rings (SSSR count). The minimum absolute atomic E-state index is 0.0116. The van der Waals surface area contributed by atoms with Gasteiger partial charge >= 0.3 is 0 Å². The van der Waals surface area contributed by atoms with Crippen LogP contribution in [-0.4, -0.2) is 7.11 Å². The van der Waals surface area contributed by atoms with Crippen LogP contribution in [0.2, 0.25) is 0 Å². The molecule has 0 fully saturated rings. The number of allylic oxidation sites excluding steroid dienone is 2. The van der Waals surface area contributed by atoms with Crippen molar-refractivity contribution in [2.24, 2.45) is 0 Å². The van der Waals surface area contributed by atoms with Gasteiger partial charge in [-0.25, -0.2) is 10.1 Å². The summed E-state index contributed by atoms with van der Waals surface area (Å²) < 4.78 is 4.64. The van der Waals surface area contributed by atoms with Crippen LogP contribution >= 0.6 is 0 Å². The minimum Gasteiger partial charge on any atom is -0.512 e. The fraction of sp³-hybridized carbons (Fsp3) is 0.333. The van der Waals surface area contributed by atoms with Crippen LogP contribution in [0.15, 0.2) is 11.5 Å². The van der Waals surface area contributed by atoms with E-state index in [1.165, 1.54) is 7.11 Å². The molecule has 0 aromatic rings. The van der Waals surface area contributed by atoms with E-state index in [0.717, 1.165) is 0 Å². The first-order valence-electron chi connectivity index (χ1n) is 2.28. The van der Waals surface area contributed by atoms with Crippen LogP contribution in [0.1, 0.15) is 6.92 Å². The number of ether oxygens (including phenoxy) is 1. The molecule has 3 heteroatoms. The highest BCUT2D eigenvalue weighted by atomic mass is 16.5. The zero-order valence-corrected chi connectivity index (χ0v) is 5.30. The first kappa shape index (κ1) is 7.52. The zero-order chi connectivity index (χ0) is 7.28. The molecule has 0 aromatic heterocycles. The van der Waals surface area contributed by atoms with Crippen molar-refractivity contribution in [1.29, 1.82) is 5.26 Å². The van der Waals surface area contributed by atoms with Crippen LogP contribution in [0, 0.1) is 17.9 Å². The van der Waals surface area contributed by atoms with Gasteiger partial charge in [-0.3, -0.25) is 0 Å². The summed E-state index contributed by atoms with van der Waals surface area (Å²) in [5.41, 5.74) is 0.0116. The molecule has 0 amide bonds. The second kappa shape index (κ2) is 3.51. The maximum Gasteiger partial charge on any atom is 0.298 e. The van der Waals surface area contributed by atoms with Gasteiger partial charge in [0.1, 0.15) is 5.76 Å². The topological polar surface area (TPSA) is 37.4 Å². The Morgan fingerprint density at radius 3 is 2.44 bits per heavy atom. The molecule has 0 heterocycles. The summed E-state index contributed by atoms with van der Waals surface area (Å²) in [5.74, 6) is 0.368. The van der Waals surface area contributed by atoms with Gasteiger partial charge in [0.2, 0.25) is 0 Å². The van der Waals surface area contributed by atoms with Crippen molar-refractivity contribution in [1.82, 2.24) is 0 Å². The van der Waals surface area contributed by atoms with Gasteiger partial charge in [0.05, 0.1) is 19.8 Å². The standard InChI is InChI=1S/C6H6N2O/c1-5(9-3)6(4-7)8-2/h1,3H3/b6-5-. The summed E-state index contributed by atoms with van der Waals surface area (Å²) >= 11 is 0. The Morgan fingerprint density at radius 2 is 2.33 bits per heavy atom. The van der Waals surface area contributed by atoms with Gasteiger partial charge in [0, 0.05) is 0 Å². The predicted octanol–water partition coefficient (Wildman–Crippen LogP) is 1.31. The monoisotopic (exact) mass is 122 g/mol. The van der Waals surface area contributed by atoms with Crippen molar-refractivity contribution in [3.8, 4) is 6.07 Å². The van der Waals surface area contributed by atoms with Gasteiger partial charge in [0.15, 0.2) is 0 Å². The van der Waals surface area contributed by atoms with Crippen molar-refractivity contribution >= 4 is 0 Å². The molecule has 0 unspecified atom stereocenters. The first-order valence-corrected chi connectivity index (χ1v) is 2.28. The molecule has 0 aliphatic heterocycles. The largest absolute Gasteiger partial charge is 0.512 e. The highest BCUT2D eigenvalue weighted by molar-refractivity contribution is 5.29. The lowest BCUT2D eigenvalue weighted by Gasteiger charge is -1.94. The first-order chi connectivity index (χ1) is 4.26. The van der Waals surface area contributed by atoms with Gasteiger partial charge in [-0.15, -0.1) is 0 Å². The second-order valence-corrected chi connectivity index (χ2v) is 1.33. The predicted molar refractivity (Wildman–Crippen MR) is 31.9 cm³/mol. The molecule has 0 saturated carbocycles. The third kappa shape index (κ3) is 1.84. The van der Waals surface area contributed by atoms with E-state index in [1.54, 1.807) is 13.0 Å². The summed E-state index contributed by atoms with van der Waals surface area (Å²) in [6, 6.07) is 1.70. The Kier molecular flexibility index (Phi) is 2.94. The summed E-state index contributed by atoms with van der Waals surface area (Å²) in [6.07, 6.45) is 0. The van der Waals surface area contributed by atoms with E-state index >= 15 is 0 Å². The normalized spacial score (nSPS) is 10.7. The van der Waals surface area contributed by atoms with Gasteiger partial charge in [-0.05, 0) is 6.92 Å². The van der Waals surface area contributed by atoms with Crippen molar-refractivity contribution in [3.05, 3.63) is 22.9 Å².